The van der Waals surface area contributed by atoms with Crippen molar-refractivity contribution in [2.45, 2.75) is 237 Å². The fraction of sp³-hybridized carbons (Fsp3) is 0.567. The molecule has 0 aromatic heterocycles. The van der Waals surface area contributed by atoms with E-state index in [4.69, 9.17) is 42.5 Å². The number of amides is 8. The van der Waals surface area contributed by atoms with Crippen LogP contribution in [-0.2, 0) is 131 Å². The molecular weight excluding hydrogens is 1690 g/mol. The molecule has 0 aliphatic rings. The maximum atomic E-state index is 14.1. The minimum atomic E-state index is -1.14. The Morgan fingerprint density at radius 2 is 0.557 bits per heavy atom. The smallest absolute Gasteiger partial charge is 0.243 e. The molecule has 34 nitrogen and oxygen atoms in total. The Morgan fingerprint density at radius 3 is 0.855 bits per heavy atom. The normalized spacial score (nSPS) is 12.1. The first-order valence-electron chi connectivity index (χ1n) is 45.7. The highest BCUT2D eigenvalue weighted by Gasteiger charge is 2.32. The van der Waals surface area contributed by atoms with E-state index in [0.29, 0.717) is 118 Å². The second kappa shape index (κ2) is 80.5. The summed E-state index contributed by atoms with van der Waals surface area (Å²) in [5.74, 6) is 12.5. The number of ketones is 6. The number of nitrogens with two attached hydrogens (primary N) is 4. The molecular formula is C97H150N12O22. The molecule has 6 atom stereocenters. The molecule has 730 valence electrons. The van der Waals surface area contributed by atoms with Crippen LogP contribution in [0.5, 0.6) is 0 Å². The predicted molar refractivity (Wildman–Crippen MR) is 500 cm³/mol. The number of rotatable bonds is 77. The Balaban J connectivity index is 0.00000128. The highest BCUT2D eigenvalue weighted by Crippen LogP contribution is 2.19. The summed E-state index contributed by atoms with van der Waals surface area (Å²) in [6, 6.07) is 32.3. The Hall–Kier alpha value is -10.3. The van der Waals surface area contributed by atoms with Gasteiger partial charge in [-0.1, -0.05) is 161 Å². The van der Waals surface area contributed by atoms with Crippen molar-refractivity contribution in [3.05, 3.63) is 170 Å². The molecule has 0 aliphatic heterocycles. The van der Waals surface area contributed by atoms with Gasteiger partial charge in [0.25, 0.3) is 0 Å². The average Bonchev–Trinajstić information content (AvgIpc) is 0.873. The van der Waals surface area contributed by atoms with Crippen molar-refractivity contribution in [1.82, 2.24) is 42.5 Å². The summed E-state index contributed by atoms with van der Waals surface area (Å²) >= 11 is 0. The number of Topliss-reactive ketones (excluding diaryl/α,β-unsaturated/α-hetero) is 6. The van der Waals surface area contributed by atoms with Gasteiger partial charge in [0.15, 0.2) is 23.1 Å². The summed E-state index contributed by atoms with van der Waals surface area (Å²) in [7, 11) is 0. The molecule has 0 spiro atoms. The molecule has 0 aliphatic carbocycles. The molecule has 4 aromatic rings. The molecule has 8 amide bonds. The van der Waals surface area contributed by atoms with Crippen molar-refractivity contribution < 1.29 is 105 Å². The van der Waals surface area contributed by atoms with Gasteiger partial charge in [-0.15, -0.1) is 26.3 Å². The molecule has 131 heavy (non-hydrogen) atoms. The van der Waals surface area contributed by atoms with Gasteiger partial charge in [-0.3, -0.25) is 67.1 Å². The SMILES string of the molecule is C=C.C=C.CC(CCC(=O)NC(Cc1ccccc1)C(=O)NCC(=O)CCCCCOCCON)C(=O)NC(Cc1ccccc1)C(=O)NCC(=O)CCCCCOCCON.CCC(=O)CC(=O)CC(CCC(=O)NC(Cc1ccccc1)C(=O)NCC(=O)CCCCCOCCCCON)C(=O)NC(Cc1ccccc1)C(=O)NCC(=O)CCCCCOCCCCON. The van der Waals surface area contributed by atoms with Gasteiger partial charge in [0, 0.05) is 129 Å². The van der Waals surface area contributed by atoms with Gasteiger partial charge in [0.2, 0.25) is 47.3 Å². The van der Waals surface area contributed by atoms with E-state index in [1.165, 1.54) is 0 Å². The fourth-order valence-corrected chi connectivity index (χ4v) is 13.0. The zero-order valence-electron chi connectivity index (χ0n) is 77.4. The first-order chi connectivity index (χ1) is 63.6. The molecule has 0 saturated carbocycles. The Kier molecular flexibility index (Phi) is 72.9. The van der Waals surface area contributed by atoms with E-state index < -0.39 is 89.0 Å². The van der Waals surface area contributed by atoms with E-state index in [1.807, 2.05) is 72.8 Å². The summed E-state index contributed by atoms with van der Waals surface area (Å²) < 4.78 is 21.9. The summed E-state index contributed by atoms with van der Waals surface area (Å²) in [6.07, 6.45) is 12.9. The molecule has 16 N–H and O–H groups in total. The van der Waals surface area contributed by atoms with Crippen LogP contribution in [0.2, 0.25) is 0 Å². The monoisotopic (exact) mass is 1840 g/mol. The second-order valence-electron chi connectivity index (χ2n) is 31.2. The Labute approximate surface area is 774 Å². The number of hydrogen-bond acceptors (Lipinski definition) is 26. The van der Waals surface area contributed by atoms with Crippen LogP contribution in [0.15, 0.2) is 148 Å². The zero-order valence-corrected chi connectivity index (χ0v) is 77.4. The highest BCUT2D eigenvalue weighted by molar-refractivity contribution is 6.01. The molecule has 0 heterocycles. The van der Waals surface area contributed by atoms with Crippen LogP contribution in [0, 0.1) is 11.8 Å². The highest BCUT2D eigenvalue weighted by atomic mass is 16.6. The Bertz CT molecular complexity index is 3800. The first-order valence-corrected chi connectivity index (χ1v) is 45.7. The number of hydrogen-bond donors (Lipinski definition) is 12. The van der Waals surface area contributed by atoms with E-state index in [-0.39, 0.29) is 139 Å². The van der Waals surface area contributed by atoms with Crippen LogP contribution >= 0.6 is 0 Å². The van der Waals surface area contributed by atoms with Gasteiger partial charge < -0.3 is 80.8 Å². The largest absolute Gasteiger partial charge is 0.381 e. The summed E-state index contributed by atoms with van der Waals surface area (Å²) in [5.41, 5.74) is 3.13. The maximum absolute atomic E-state index is 14.1. The first kappa shape index (κ1) is 119. The van der Waals surface area contributed by atoms with Crippen molar-refractivity contribution in [3.8, 4) is 0 Å². The number of carbonyl (C=O) groups excluding carboxylic acids is 14. The summed E-state index contributed by atoms with van der Waals surface area (Å²) in [6.45, 7) is 20.4. The van der Waals surface area contributed by atoms with Crippen LogP contribution in [0.4, 0.5) is 0 Å². The standard InChI is InChI=1S/C51H78N6O12.C42H64N6O10.2C2H4/c1-2-42(58)36-45(61)35-41(49(63)57-47(34-40-21-9-4-10-22-40)51(65)55-38-44(60)24-12-6-14-28-67-30-16-18-32-69-53)25-26-48(62)56-46(33-39-19-7-3-8-20-39)50(64)54-37-43(59)23-11-5-13-27-66-29-15-17-31-68-52;1-32(40(52)48-38(29-34-16-8-3-9-17-34)42(54)46-31-36(50)19-11-5-13-23-56-25-27-58-44)20-21-39(51)47-37(28-33-14-6-2-7-15-33)41(53)45-30-35(49)18-10-4-12-22-55-24-26-57-43;2*1-2/h3-4,7-10,19-22,41,46-47H,2,5-6,11-18,23-38,52-53H2,1H3,(H,54,64)(H,55,65)(H,56,62)(H,57,63);2-3,6-9,14-17,32,37-38H,4-5,10-13,18-31,43-44H2,1H3,(H,45,53)(H,46,54)(H,47,51)(H,48,52);2*1-2H2. The molecule has 0 bridgehead atoms. The van der Waals surface area contributed by atoms with Crippen LogP contribution in [-0.4, -0.2) is 212 Å². The lowest BCUT2D eigenvalue weighted by Gasteiger charge is -2.23. The molecule has 0 fully saturated rings. The van der Waals surface area contributed by atoms with Gasteiger partial charge in [-0.2, -0.15) is 0 Å². The lowest BCUT2D eigenvalue weighted by atomic mass is 9.92. The third-order valence-electron chi connectivity index (χ3n) is 20.4. The molecule has 0 radical (unpaired) electrons. The number of nitrogens with one attached hydrogen (secondary N) is 8. The minimum Gasteiger partial charge on any atom is -0.381 e. The number of unbranched alkanes of at least 4 members (excludes halogenated alkanes) is 10. The van der Waals surface area contributed by atoms with Crippen molar-refractivity contribution in [2.24, 2.45) is 35.4 Å². The average molecular weight is 1840 g/mol. The quantitative estimate of drug-likeness (QED) is 0.00867. The van der Waals surface area contributed by atoms with E-state index >= 15 is 0 Å². The topological polar surface area (TPSA) is 513 Å². The molecule has 4 rings (SSSR count). The van der Waals surface area contributed by atoms with E-state index in [9.17, 15) is 67.1 Å². The second-order valence-corrected chi connectivity index (χ2v) is 31.2. The fourth-order valence-electron chi connectivity index (χ4n) is 13.0. The summed E-state index contributed by atoms with van der Waals surface area (Å²) in [4.78, 5) is 202. The maximum Gasteiger partial charge on any atom is 0.243 e. The lowest BCUT2D eigenvalue weighted by Crippen LogP contribution is -2.51. The van der Waals surface area contributed by atoms with E-state index in [2.05, 4.69) is 88.2 Å². The number of carbonyl (C=O) groups is 14. The molecule has 4 aromatic carbocycles. The van der Waals surface area contributed by atoms with E-state index in [0.717, 1.165) is 99.3 Å². The number of benzene rings is 4. The molecule has 34 heteroatoms. The van der Waals surface area contributed by atoms with Gasteiger partial charge in [-0.05, 0) is 112 Å². The van der Waals surface area contributed by atoms with Crippen LogP contribution < -0.4 is 66.1 Å². The van der Waals surface area contributed by atoms with Crippen molar-refractivity contribution in [3.63, 3.8) is 0 Å². The van der Waals surface area contributed by atoms with Gasteiger partial charge in [0.05, 0.1) is 72.2 Å². The summed E-state index contributed by atoms with van der Waals surface area (Å²) in [5, 5.41) is 21.8. The third kappa shape index (κ3) is 63.4. The third-order valence-corrected chi connectivity index (χ3v) is 20.4. The predicted octanol–water partition coefficient (Wildman–Crippen LogP) is 7.80. The lowest BCUT2D eigenvalue weighted by molar-refractivity contribution is -0.135. The van der Waals surface area contributed by atoms with Crippen LogP contribution in [0.25, 0.3) is 0 Å². The van der Waals surface area contributed by atoms with Gasteiger partial charge in [-0.25, -0.2) is 23.6 Å². The minimum absolute atomic E-state index is 0.0622. The van der Waals surface area contributed by atoms with Gasteiger partial charge >= 0.3 is 0 Å². The van der Waals surface area contributed by atoms with Crippen molar-refractivity contribution in [2.75, 3.05) is 105 Å². The number of ether oxygens (including phenoxy) is 4. The van der Waals surface area contributed by atoms with E-state index in [1.54, 1.807) is 62.4 Å². The van der Waals surface area contributed by atoms with Crippen LogP contribution in [0.3, 0.4) is 0 Å². The molecule has 6 unspecified atom stereocenters. The van der Waals surface area contributed by atoms with Crippen molar-refractivity contribution in [1.29, 1.82) is 0 Å². The zero-order chi connectivity index (χ0) is 96.5. The van der Waals surface area contributed by atoms with Crippen LogP contribution in [0.1, 0.15) is 209 Å². The van der Waals surface area contributed by atoms with Gasteiger partial charge in [0.1, 0.15) is 35.7 Å². The Morgan fingerprint density at radius 1 is 0.290 bits per heavy atom. The van der Waals surface area contributed by atoms with Crippen molar-refractivity contribution >= 4 is 82.0 Å². The molecule has 0 saturated heterocycles.